The van der Waals surface area contributed by atoms with Crippen LogP contribution in [0.15, 0.2) is 23.4 Å². The molecule has 0 fully saturated rings. The van der Waals surface area contributed by atoms with Crippen molar-refractivity contribution in [2.75, 3.05) is 6.61 Å². The molecular weight excluding hydrogens is 310 g/mol. The molecule has 0 saturated carbocycles. The van der Waals surface area contributed by atoms with E-state index in [1.165, 1.54) is 31.7 Å². The third-order valence-corrected chi connectivity index (χ3v) is 3.78. The quantitative estimate of drug-likeness (QED) is 0.230. The highest BCUT2D eigenvalue weighted by Crippen LogP contribution is 2.26. The van der Waals surface area contributed by atoms with Gasteiger partial charge in [0.1, 0.15) is 11.5 Å². The number of benzene rings is 1. The van der Waals surface area contributed by atoms with Crippen LogP contribution in [0.4, 0.5) is 0 Å². The summed E-state index contributed by atoms with van der Waals surface area (Å²) >= 11 is 0. The number of hydrogen-bond acceptors (Lipinski definition) is 5. The molecule has 0 amide bonds. The third kappa shape index (κ3) is 7.35. The summed E-state index contributed by atoms with van der Waals surface area (Å²) in [6.45, 7) is 1.71. The second kappa shape index (κ2) is 11.3. The van der Waals surface area contributed by atoms with E-state index in [2.05, 4.69) is 12.1 Å². The Kier molecular flexibility index (Phi) is 9.34. The predicted molar refractivity (Wildman–Crippen MR) is 92.2 cm³/mol. The van der Waals surface area contributed by atoms with Crippen molar-refractivity contribution < 1.29 is 25.0 Å². The normalized spacial score (nSPS) is 11.5. The number of phenols is 1. The minimum absolute atomic E-state index is 0.0892. The zero-order valence-corrected chi connectivity index (χ0v) is 14.2. The second-order valence-corrected chi connectivity index (χ2v) is 5.78. The molecule has 24 heavy (non-hydrogen) atoms. The SMILES string of the molecule is CCCCCCCCCC(=NO)c1ccc(OCC(=O)O)cc1O. The number of unbranched alkanes of at least 4 members (excludes halogenated alkanes) is 6. The lowest BCUT2D eigenvalue weighted by molar-refractivity contribution is -0.139. The van der Waals surface area contributed by atoms with Gasteiger partial charge >= 0.3 is 5.97 Å². The highest BCUT2D eigenvalue weighted by Gasteiger charge is 2.11. The van der Waals surface area contributed by atoms with Crippen LogP contribution in [0.3, 0.4) is 0 Å². The van der Waals surface area contributed by atoms with Crippen LogP contribution in [0.2, 0.25) is 0 Å². The van der Waals surface area contributed by atoms with E-state index in [1.807, 2.05) is 0 Å². The minimum atomic E-state index is -1.09. The summed E-state index contributed by atoms with van der Waals surface area (Å²) in [5, 5.41) is 31.1. The number of aliphatic carboxylic acids is 1. The number of carboxylic acids is 1. The predicted octanol–water partition coefficient (Wildman–Crippen LogP) is 4.17. The average Bonchev–Trinajstić information content (AvgIpc) is 2.56. The van der Waals surface area contributed by atoms with Crippen molar-refractivity contribution in [1.29, 1.82) is 0 Å². The van der Waals surface area contributed by atoms with Crippen LogP contribution in [0.5, 0.6) is 11.5 Å². The fourth-order valence-corrected chi connectivity index (χ4v) is 2.48. The van der Waals surface area contributed by atoms with E-state index in [0.29, 0.717) is 17.7 Å². The lowest BCUT2D eigenvalue weighted by Gasteiger charge is -2.09. The molecule has 0 heterocycles. The van der Waals surface area contributed by atoms with Gasteiger partial charge < -0.3 is 20.2 Å². The molecule has 6 nitrogen and oxygen atoms in total. The molecule has 1 aromatic carbocycles. The van der Waals surface area contributed by atoms with Gasteiger partial charge in [0.25, 0.3) is 0 Å². The maximum Gasteiger partial charge on any atom is 0.341 e. The van der Waals surface area contributed by atoms with Crippen LogP contribution in [-0.4, -0.2) is 33.7 Å². The van der Waals surface area contributed by atoms with Crippen LogP contribution < -0.4 is 4.74 Å². The van der Waals surface area contributed by atoms with Crippen molar-refractivity contribution >= 4 is 11.7 Å². The number of phenolic OH excluding ortho intramolecular Hbond substituents is 1. The number of aromatic hydroxyl groups is 1. The van der Waals surface area contributed by atoms with Crippen molar-refractivity contribution in [2.24, 2.45) is 5.16 Å². The molecule has 0 aliphatic heterocycles. The molecule has 0 spiro atoms. The van der Waals surface area contributed by atoms with E-state index in [4.69, 9.17) is 9.84 Å². The number of hydrogen-bond donors (Lipinski definition) is 3. The van der Waals surface area contributed by atoms with Gasteiger partial charge in [0.2, 0.25) is 0 Å². The van der Waals surface area contributed by atoms with Crippen LogP contribution in [0.1, 0.15) is 63.9 Å². The van der Waals surface area contributed by atoms with Gasteiger partial charge in [0.15, 0.2) is 6.61 Å². The van der Waals surface area contributed by atoms with Crippen LogP contribution in [0, 0.1) is 0 Å². The summed E-state index contributed by atoms with van der Waals surface area (Å²) in [5.74, 6) is -0.921. The number of ether oxygens (including phenoxy) is 1. The first kappa shape index (κ1) is 19.8. The summed E-state index contributed by atoms with van der Waals surface area (Å²) in [6, 6.07) is 4.45. The Morgan fingerprint density at radius 3 is 2.38 bits per heavy atom. The van der Waals surface area contributed by atoms with Crippen molar-refractivity contribution in [3.63, 3.8) is 0 Å². The maximum atomic E-state index is 10.5. The Hall–Kier alpha value is -2.24. The fourth-order valence-electron chi connectivity index (χ4n) is 2.48. The lowest BCUT2D eigenvalue weighted by atomic mass is 10.0. The molecule has 0 bridgehead atoms. The van der Waals surface area contributed by atoms with Crippen molar-refractivity contribution in [3.8, 4) is 11.5 Å². The van der Waals surface area contributed by atoms with Gasteiger partial charge in [-0.25, -0.2) is 4.79 Å². The topological polar surface area (TPSA) is 99.4 Å². The standard InChI is InChI=1S/C18H27NO5/c1-2-3-4-5-6-7-8-9-16(19-23)15-11-10-14(12-17(15)20)24-13-18(21)22/h10-12,20,23H,2-9,13H2,1H3,(H,21,22). The highest BCUT2D eigenvalue weighted by atomic mass is 16.5. The summed E-state index contributed by atoms with van der Waals surface area (Å²) < 4.78 is 5.00. The van der Waals surface area contributed by atoms with E-state index in [9.17, 15) is 15.1 Å². The zero-order valence-electron chi connectivity index (χ0n) is 14.2. The summed E-state index contributed by atoms with van der Waals surface area (Å²) in [5.41, 5.74) is 0.858. The molecule has 0 aliphatic rings. The first-order chi connectivity index (χ1) is 11.6. The van der Waals surface area contributed by atoms with Crippen molar-refractivity contribution in [1.82, 2.24) is 0 Å². The molecule has 6 heteroatoms. The molecule has 3 N–H and O–H groups in total. The summed E-state index contributed by atoms with van der Waals surface area (Å²) in [4.78, 5) is 10.5. The van der Waals surface area contributed by atoms with Crippen molar-refractivity contribution in [2.45, 2.75) is 58.3 Å². The van der Waals surface area contributed by atoms with Gasteiger partial charge in [0.05, 0.1) is 5.71 Å². The minimum Gasteiger partial charge on any atom is -0.507 e. The molecule has 0 aromatic heterocycles. The molecule has 0 atom stereocenters. The maximum absolute atomic E-state index is 10.5. The first-order valence-electron chi connectivity index (χ1n) is 8.47. The van der Waals surface area contributed by atoms with Crippen molar-refractivity contribution in [3.05, 3.63) is 23.8 Å². The first-order valence-corrected chi connectivity index (χ1v) is 8.47. The van der Waals surface area contributed by atoms with Crippen LogP contribution in [0.25, 0.3) is 0 Å². The van der Waals surface area contributed by atoms with Gasteiger partial charge in [-0.3, -0.25) is 0 Å². The second-order valence-electron chi connectivity index (χ2n) is 5.78. The third-order valence-electron chi connectivity index (χ3n) is 3.78. The number of carbonyl (C=O) groups is 1. The van der Waals surface area contributed by atoms with Crippen LogP contribution in [-0.2, 0) is 4.79 Å². The fraction of sp³-hybridized carbons (Fsp3) is 0.556. The van der Waals surface area contributed by atoms with E-state index >= 15 is 0 Å². The largest absolute Gasteiger partial charge is 0.507 e. The molecule has 0 aliphatic carbocycles. The molecule has 134 valence electrons. The number of rotatable bonds is 12. The van der Waals surface area contributed by atoms with Gasteiger partial charge in [-0.1, -0.05) is 50.6 Å². The van der Waals surface area contributed by atoms with Crippen LogP contribution >= 0.6 is 0 Å². The molecular formula is C18H27NO5. The Morgan fingerprint density at radius 1 is 1.12 bits per heavy atom. The Balaban J connectivity index is 2.48. The number of carboxylic acid groups (broad SMARTS) is 1. The van der Waals surface area contributed by atoms with Gasteiger partial charge in [-0.05, 0) is 25.0 Å². The smallest absolute Gasteiger partial charge is 0.341 e. The van der Waals surface area contributed by atoms with Gasteiger partial charge in [-0.15, -0.1) is 0 Å². The highest BCUT2D eigenvalue weighted by molar-refractivity contribution is 6.02. The Morgan fingerprint density at radius 2 is 1.79 bits per heavy atom. The van der Waals surface area contributed by atoms with Gasteiger partial charge in [-0.2, -0.15) is 0 Å². The number of nitrogens with zero attached hydrogens (tertiary/aromatic N) is 1. The molecule has 1 aromatic rings. The molecule has 0 radical (unpaired) electrons. The molecule has 1 rings (SSSR count). The van der Waals surface area contributed by atoms with E-state index in [1.54, 1.807) is 12.1 Å². The van der Waals surface area contributed by atoms with E-state index in [-0.39, 0.29) is 11.5 Å². The summed E-state index contributed by atoms with van der Waals surface area (Å²) in [7, 11) is 0. The Labute approximate surface area is 142 Å². The average molecular weight is 337 g/mol. The molecule has 0 unspecified atom stereocenters. The number of oxime groups is 1. The Bertz CT molecular complexity index is 542. The lowest BCUT2D eigenvalue weighted by Crippen LogP contribution is -2.09. The van der Waals surface area contributed by atoms with E-state index < -0.39 is 12.6 Å². The monoisotopic (exact) mass is 337 g/mol. The van der Waals surface area contributed by atoms with Gasteiger partial charge in [0, 0.05) is 11.6 Å². The summed E-state index contributed by atoms with van der Waals surface area (Å²) in [6.07, 6.45) is 8.67. The molecule has 0 saturated heterocycles. The van der Waals surface area contributed by atoms with E-state index in [0.717, 1.165) is 19.3 Å². The zero-order chi connectivity index (χ0) is 17.8.